The van der Waals surface area contributed by atoms with Gasteiger partial charge in [-0.2, -0.15) is 13.2 Å². The first-order chi connectivity index (χ1) is 8.20. The van der Waals surface area contributed by atoms with Crippen LogP contribution in [0.25, 0.3) is 0 Å². The summed E-state index contributed by atoms with van der Waals surface area (Å²) >= 11 is 0. The molecule has 0 radical (unpaired) electrons. The second kappa shape index (κ2) is 5.55. The summed E-state index contributed by atoms with van der Waals surface area (Å²) in [5.41, 5.74) is 0. The van der Waals surface area contributed by atoms with Crippen molar-refractivity contribution < 1.29 is 27.9 Å². The van der Waals surface area contributed by atoms with Crippen LogP contribution in [-0.4, -0.2) is 53.7 Å². The number of carboxylic acids is 1. The molecule has 0 spiro atoms. The van der Waals surface area contributed by atoms with Gasteiger partial charge in [0.25, 0.3) is 0 Å². The van der Waals surface area contributed by atoms with Gasteiger partial charge in [0.05, 0.1) is 5.92 Å². The fourth-order valence-electron chi connectivity index (χ4n) is 1.95. The highest BCUT2D eigenvalue weighted by Gasteiger charge is 2.44. The number of likely N-dealkylation sites (tertiary alicyclic amines) is 1. The van der Waals surface area contributed by atoms with Crippen LogP contribution in [0.2, 0.25) is 0 Å². The molecule has 1 amide bonds. The number of rotatable bonds is 4. The summed E-state index contributed by atoms with van der Waals surface area (Å²) < 4.78 is 37.3. The maximum absolute atomic E-state index is 12.4. The molecule has 1 fully saturated rings. The van der Waals surface area contributed by atoms with Crippen LogP contribution < -0.4 is 5.32 Å². The van der Waals surface area contributed by atoms with E-state index in [2.05, 4.69) is 5.32 Å². The van der Waals surface area contributed by atoms with Crippen LogP contribution in [0.1, 0.15) is 13.3 Å². The topological polar surface area (TPSA) is 69.6 Å². The van der Waals surface area contributed by atoms with Gasteiger partial charge in [0, 0.05) is 20.0 Å². The van der Waals surface area contributed by atoms with E-state index in [4.69, 9.17) is 5.11 Å². The van der Waals surface area contributed by atoms with Gasteiger partial charge in [-0.15, -0.1) is 0 Å². The average Bonchev–Trinajstić information content (AvgIpc) is 2.63. The molecule has 0 bridgehead atoms. The second-order valence-corrected chi connectivity index (χ2v) is 4.38. The molecule has 18 heavy (non-hydrogen) atoms. The van der Waals surface area contributed by atoms with E-state index in [0.29, 0.717) is 0 Å². The van der Waals surface area contributed by atoms with Crippen molar-refractivity contribution in [3.8, 4) is 0 Å². The zero-order valence-electron chi connectivity index (χ0n) is 9.83. The highest BCUT2D eigenvalue weighted by atomic mass is 19.4. The van der Waals surface area contributed by atoms with Gasteiger partial charge >= 0.3 is 12.1 Å². The molecule has 2 unspecified atom stereocenters. The van der Waals surface area contributed by atoms with Crippen molar-refractivity contribution in [3.05, 3.63) is 0 Å². The van der Waals surface area contributed by atoms with Crippen molar-refractivity contribution in [1.29, 1.82) is 0 Å². The van der Waals surface area contributed by atoms with E-state index in [0.717, 1.165) is 0 Å². The lowest BCUT2D eigenvalue weighted by Crippen LogP contribution is -2.47. The lowest BCUT2D eigenvalue weighted by molar-refractivity contribution is -0.170. The molecule has 0 aromatic rings. The molecule has 5 nitrogen and oxygen atoms in total. The molecule has 1 rings (SSSR count). The van der Waals surface area contributed by atoms with Gasteiger partial charge < -0.3 is 15.3 Å². The largest absolute Gasteiger partial charge is 0.480 e. The van der Waals surface area contributed by atoms with E-state index < -0.39 is 30.0 Å². The number of amides is 1. The van der Waals surface area contributed by atoms with Crippen molar-refractivity contribution >= 4 is 11.9 Å². The van der Waals surface area contributed by atoms with Gasteiger partial charge in [0.1, 0.15) is 6.04 Å². The summed E-state index contributed by atoms with van der Waals surface area (Å²) in [7, 11) is 0. The lowest BCUT2D eigenvalue weighted by atomic mass is 10.1. The van der Waals surface area contributed by atoms with Gasteiger partial charge in [-0.25, -0.2) is 4.79 Å². The molecule has 0 aromatic heterocycles. The molecule has 0 saturated carbocycles. The summed E-state index contributed by atoms with van der Waals surface area (Å²) in [5.74, 6) is -3.18. The third kappa shape index (κ3) is 4.17. The Labute approximate surface area is 102 Å². The summed E-state index contributed by atoms with van der Waals surface area (Å²) in [6.07, 6.45) is -4.28. The van der Waals surface area contributed by atoms with E-state index in [1.165, 1.54) is 11.8 Å². The predicted molar refractivity (Wildman–Crippen MR) is 55.8 cm³/mol. The average molecular weight is 268 g/mol. The van der Waals surface area contributed by atoms with Crippen molar-refractivity contribution in [2.24, 2.45) is 5.92 Å². The highest BCUT2D eigenvalue weighted by Crippen LogP contribution is 2.33. The number of alkyl halides is 3. The smallest absolute Gasteiger partial charge is 0.393 e. The van der Waals surface area contributed by atoms with Crippen LogP contribution in [0, 0.1) is 5.92 Å². The third-order valence-electron chi connectivity index (χ3n) is 2.85. The van der Waals surface area contributed by atoms with E-state index in [9.17, 15) is 22.8 Å². The third-order valence-corrected chi connectivity index (χ3v) is 2.85. The molecule has 0 aromatic carbocycles. The Morgan fingerprint density at radius 3 is 2.50 bits per heavy atom. The number of carbonyl (C=O) groups is 2. The van der Waals surface area contributed by atoms with Gasteiger partial charge in [-0.1, -0.05) is 0 Å². The first-order valence-corrected chi connectivity index (χ1v) is 5.49. The number of hydrogen-bond donors (Lipinski definition) is 2. The van der Waals surface area contributed by atoms with Gasteiger partial charge in [0.2, 0.25) is 5.91 Å². The van der Waals surface area contributed by atoms with Gasteiger partial charge in [-0.3, -0.25) is 4.79 Å². The number of nitrogens with one attached hydrogen (secondary N) is 1. The number of hydrogen-bond acceptors (Lipinski definition) is 3. The van der Waals surface area contributed by atoms with Gasteiger partial charge in [0.15, 0.2) is 0 Å². The van der Waals surface area contributed by atoms with E-state index in [1.807, 2.05) is 0 Å². The number of carbonyl (C=O) groups excluding carboxylic acids is 1. The van der Waals surface area contributed by atoms with E-state index >= 15 is 0 Å². The first kappa shape index (κ1) is 14.7. The van der Waals surface area contributed by atoms with Crippen molar-refractivity contribution in [2.45, 2.75) is 25.6 Å². The van der Waals surface area contributed by atoms with Crippen molar-refractivity contribution in [3.63, 3.8) is 0 Å². The Morgan fingerprint density at radius 1 is 1.50 bits per heavy atom. The van der Waals surface area contributed by atoms with E-state index in [1.54, 1.807) is 0 Å². The molecule has 1 heterocycles. The Balaban J connectivity index is 2.52. The molecular weight excluding hydrogens is 253 g/mol. The number of carboxylic acid groups (broad SMARTS) is 1. The minimum Gasteiger partial charge on any atom is -0.480 e. The Morgan fingerprint density at radius 2 is 2.11 bits per heavy atom. The van der Waals surface area contributed by atoms with Crippen LogP contribution in [-0.2, 0) is 9.59 Å². The monoisotopic (exact) mass is 268 g/mol. The summed E-state index contributed by atoms with van der Waals surface area (Å²) in [6, 6.07) is -1.17. The number of aliphatic carboxylic acids is 1. The normalized spacial score (nSPS) is 22.8. The molecule has 1 saturated heterocycles. The fourth-order valence-corrected chi connectivity index (χ4v) is 1.95. The second-order valence-electron chi connectivity index (χ2n) is 4.38. The Kier molecular flexibility index (Phi) is 4.55. The molecule has 8 heteroatoms. The van der Waals surface area contributed by atoms with Crippen LogP contribution in [0.15, 0.2) is 0 Å². The SMILES string of the molecule is CC(=O)NC(CN1CCC(C(F)(F)F)C1)C(=O)O. The minimum atomic E-state index is -4.25. The molecular formula is C10H15F3N2O3. The maximum Gasteiger partial charge on any atom is 0.393 e. The highest BCUT2D eigenvalue weighted by molar-refractivity contribution is 5.82. The molecule has 1 aliphatic heterocycles. The summed E-state index contributed by atoms with van der Waals surface area (Å²) in [5, 5.41) is 11.0. The van der Waals surface area contributed by atoms with Crippen LogP contribution >= 0.6 is 0 Å². The maximum atomic E-state index is 12.4. The zero-order chi connectivity index (χ0) is 13.9. The zero-order valence-corrected chi connectivity index (χ0v) is 9.83. The van der Waals surface area contributed by atoms with Crippen molar-refractivity contribution in [1.82, 2.24) is 10.2 Å². The molecule has 0 aliphatic carbocycles. The Hall–Kier alpha value is -1.31. The standard InChI is InChI=1S/C10H15F3N2O3/c1-6(16)14-8(9(17)18)5-15-3-2-7(4-15)10(11,12)13/h7-8H,2-5H2,1H3,(H,14,16)(H,17,18). The summed E-state index contributed by atoms with van der Waals surface area (Å²) in [4.78, 5) is 23.0. The minimum absolute atomic E-state index is 0.0318. The van der Waals surface area contributed by atoms with E-state index in [-0.39, 0.29) is 26.1 Å². The molecule has 2 atom stereocenters. The molecule has 1 aliphatic rings. The summed E-state index contributed by atoms with van der Waals surface area (Å²) in [6.45, 7) is 1.03. The fraction of sp³-hybridized carbons (Fsp3) is 0.800. The number of halogens is 3. The van der Waals surface area contributed by atoms with Gasteiger partial charge in [-0.05, 0) is 13.0 Å². The van der Waals surface area contributed by atoms with Crippen LogP contribution in [0.4, 0.5) is 13.2 Å². The quantitative estimate of drug-likeness (QED) is 0.777. The molecule has 2 N–H and O–H groups in total. The van der Waals surface area contributed by atoms with Crippen LogP contribution in [0.5, 0.6) is 0 Å². The Bertz CT molecular complexity index is 333. The van der Waals surface area contributed by atoms with Crippen LogP contribution in [0.3, 0.4) is 0 Å². The van der Waals surface area contributed by atoms with Crippen molar-refractivity contribution in [2.75, 3.05) is 19.6 Å². The first-order valence-electron chi connectivity index (χ1n) is 5.49. The number of nitrogens with zero attached hydrogens (tertiary/aromatic N) is 1. The lowest BCUT2D eigenvalue weighted by Gasteiger charge is -2.21. The predicted octanol–water partition coefficient (Wildman–Crippen LogP) is 0.460. The molecule has 104 valence electrons.